The Labute approximate surface area is 153 Å². The minimum atomic E-state index is -0.247. The van der Waals surface area contributed by atoms with Gasteiger partial charge in [-0.1, -0.05) is 72.7 Å². The van der Waals surface area contributed by atoms with E-state index in [1.165, 1.54) is 5.56 Å². The minimum absolute atomic E-state index is 0.197. The second kappa shape index (κ2) is 6.79. The largest absolute Gasteiger partial charge is 0.351 e. The van der Waals surface area contributed by atoms with Gasteiger partial charge in [0.15, 0.2) is 0 Å². The molecule has 1 saturated carbocycles. The number of nitrogens with zero attached hydrogens (tertiary/aromatic N) is 1. The smallest absolute Gasteiger partial charge is 0.290 e. The molecule has 1 aliphatic carbocycles. The van der Waals surface area contributed by atoms with Crippen LogP contribution < -0.4 is 5.32 Å². The molecule has 2 aromatic carbocycles. The third-order valence-electron chi connectivity index (χ3n) is 5.10. The first-order chi connectivity index (χ1) is 12.7. The molecule has 4 nitrogen and oxygen atoms in total. The van der Waals surface area contributed by atoms with E-state index in [1.807, 2.05) is 36.4 Å². The number of aromatic nitrogens is 1. The van der Waals surface area contributed by atoms with Gasteiger partial charge in [-0.25, -0.2) is 0 Å². The van der Waals surface area contributed by atoms with Gasteiger partial charge in [-0.05, 0) is 36.3 Å². The average Bonchev–Trinajstić information content (AvgIpc) is 3.31. The lowest BCUT2D eigenvalue weighted by molar-refractivity contribution is 0.0893. The number of carbonyl (C=O) groups excluding carboxylic acids is 1. The van der Waals surface area contributed by atoms with Crippen LogP contribution in [0.15, 0.2) is 71.3 Å². The van der Waals surface area contributed by atoms with E-state index in [9.17, 15) is 4.79 Å². The minimum Gasteiger partial charge on any atom is -0.351 e. The van der Waals surface area contributed by atoms with Crippen LogP contribution in [-0.4, -0.2) is 11.1 Å². The molecule has 1 aromatic heterocycles. The van der Waals surface area contributed by atoms with Crippen molar-refractivity contribution in [2.75, 3.05) is 0 Å². The number of nitrogens with one attached hydrogen (secondary N) is 1. The number of hydrogen-bond donors (Lipinski definition) is 1. The zero-order chi connectivity index (χ0) is 18.0. The Morgan fingerprint density at radius 3 is 2.42 bits per heavy atom. The molecule has 132 valence electrons. The van der Waals surface area contributed by atoms with E-state index >= 15 is 0 Å². The highest BCUT2D eigenvalue weighted by molar-refractivity contribution is 5.92. The third kappa shape index (κ3) is 3.40. The van der Waals surface area contributed by atoms with E-state index in [1.54, 1.807) is 6.07 Å². The highest BCUT2D eigenvalue weighted by Gasteiger charge is 2.46. The van der Waals surface area contributed by atoms with Gasteiger partial charge in [0.05, 0.1) is 11.2 Å². The predicted octanol–water partition coefficient (Wildman–Crippen LogP) is 4.44. The van der Waals surface area contributed by atoms with Crippen LogP contribution >= 0.6 is 0 Å². The molecule has 0 saturated heterocycles. The molecule has 1 N–H and O–H groups in total. The molecule has 26 heavy (non-hydrogen) atoms. The van der Waals surface area contributed by atoms with Gasteiger partial charge in [-0.2, -0.15) is 0 Å². The van der Waals surface area contributed by atoms with E-state index in [0.29, 0.717) is 5.92 Å². The monoisotopic (exact) mass is 346 g/mol. The first-order valence-electron chi connectivity index (χ1n) is 9.05. The Balaban J connectivity index is 1.42. The zero-order valence-corrected chi connectivity index (χ0v) is 14.8. The van der Waals surface area contributed by atoms with Crippen LogP contribution in [-0.2, 0) is 12.0 Å². The summed E-state index contributed by atoms with van der Waals surface area (Å²) in [5.74, 6) is 0.399. The van der Waals surface area contributed by atoms with Gasteiger partial charge < -0.3 is 9.84 Å². The zero-order valence-electron chi connectivity index (χ0n) is 14.8. The highest BCUT2D eigenvalue weighted by Crippen LogP contribution is 2.45. The SMILES string of the molecule is C[C@H](Cc1cc(C(=O)NC2(c3ccccc3)CC2)on1)c1ccccc1. The summed E-state index contributed by atoms with van der Waals surface area (Å²) in [6.45, 7) is 2.15. The summed E-state index contributed by atoms with van der Waals surface area (Å²) in [5.41, 5.74) is 2.95. The first-order valence-corrected chi connectivity index (χ1v) is 9.05. The van der Waals surface area contributed by atoms with Crippen LogP contribution in [0.1, 0.15) is 53.1 Å². The summed E-state index contributed by atoms with van der Waals surface area (Å²) in [4.78, 5) is 12.6. The second-order valence-electron chi connectivity index (χ2n) is 7.10. The molecule has 0 radical (unpaired) electrons. The molecule has 0 bridgehead atoms. The topological polar surface area (TPSA) is 55.1 Å². The summed E-state index contributed by atoms with van der Waals surface area (Å²) in [6.07, 6.45) is 2.65. The van der Waals surface area contributed by atoms with Crippen molar-refractivity contribution >= 4 is 5.91 Å². The Hall–Kier alpha value is -2.88. The predicted molar refractivity (Wildman–Crippen MR) is 99.9 cm³/mol. The van der Waals surface area contributed by atoms with E-state index in [4.69, 9.17) is 4.52 Å². The quantitative estimate of drug-likeness (QED) is 0.718. The van der Waals surface area contributed by atoms with Gasteiger partial charge in [0.25, 0.3) is 5.91 Å². The van der Waals surface area contributed by atoms with Gasteiger partial charge in [0.1, 0.15) is 0 Å². The van der Waals surface area contributed by atoms with Gasteiger partial charge in [0, 0.05) is 6.07 Å². The van der Waals surface area contributed by atoms with Crippen molar-refractivity contribution in [3.8, 4) is 0 Å². The fraction of sp³-hybridized carbons (Fsp3) is 0.273. The molecule has 1 atom stereocenters. The summed E-state index contributed by atoms with van der Waals surface area (Å²) in [7, 11) is 0. The number of carbonyl (C=O) groups is 1. The molecule has 0 aliphatic heterocycles. The van der Waals surface area contributed by atoms with E-state index < -0.39 is 0 Å². The fourth-order valence-corrected chi connectivity index (χ4v) is 3.38. The van der Waals surface area contributed by atoms with Gasteiger partial charge in [-0.3, -0.25) is 4.79 Å². The van der Waals surface area contributed by atoms with Gasteiger partial charge in [0.2, 0.25) is 5.76 Å². The maximum absolute atomic E-state index is 12.6. The van der Waals surface area contributed by atoms with Crippen molar-refractivity contribution in [1.82, 2.24) is 10.5 Å². The van der Waals surface area contributed by atoms with E-state index in [2.05, 4.69) is 41.7 Å². The lowest BCUT2D eigenvalue weighted by Crippen LogP contribution is -2.34. The van der Waals surface area contributed by atoms with E-state index in [0.717, 1.165) is 30.5 Å². The number of amides is 1. The first kappa shape index (κ1) is 16.6. The van der Waals surface area contributed by atoms with Crippen LogP contribution in [0.2, 0.25) is 0 Å². The Morgan fingerprint density at radius 1 is 1.12 bits per heavy atom. The van der Waals surface area contributed by atoms with Crippen molar-refractivity contribution in [2.45, 2.75) is 37.6 Å². The molecule has 0 spiro atoms. The molecule has 4 rings (SSSR count). The van der Waals surface area contributed by atoms with Crippen molar-refractivity contribution < 1.29 is 9.32 Å². The Bertz CT molecular complexity index is 883. The Morgan fingerprint density at radius 2 is 1.77 bits per heavy atom. The Kier molecular flexibility index (Phi) is 4.33. The highest BCUT2D eigenvalue weighted by atomic mass is 16.5. The summed E-state index contributed by atoms with van der Waals surface area (Å²) in [6, 6.07) is 22.1. The second-order valence-corrected chi connectivity index (χ2v) is 7.10. The summed E-state index contributed by atoms with van der Waals surface area (Å²) in [5, 5.41) is 7.22. The van der Waals surface area contributed by atoms with Crippen molar-refractivity contribution in [3.05, 3.63) is 89.3 Å². The average molecular weight is 346 g/mol. The molecule has 3 aromatic rings. The molecule has 1 amide bonds. The molecule has 4 heteroatoms. The summed E-state index contributed by atoms with van der Waals surface area (Å²) >= 11 is 0. The lowest BCUT2D eigenvalue weighted by atomic mass is 9.96. The molecular formula is C22H22N2O2. The van der Waals surface area contributed by atoms with Crippen molar-refractivity contribution in [2.24, 2.45) is 0 Å². The van der Waals surface area contributed by atoms with Gasteiger partial charge >= 0.3 is 0 Å². The van der Waals surface area contributed by atoms with E-state index in [-0.39, 0.29) is 17.2 Å². The maximum atomic E-state index is 12.6. The fourth-order valence-electron chi connectivity index (χ4n) is 3.38. The third-order valence-corrected chi connectivity index (χ3v) is 5.10. The number of hydrogen-bond acceptors (Lipinski definition) is 3. The van der Waals surface area contributed by atoms with Crippen molar-refractivity contribution in [1.29, 1.82) is 0 Å². The maximum Gasteiger partial charge on any atom is 0.290 e. The molecule has 0 unspecified atom stereocenters. The van der Waals surface area contributed by atoms with Crippen molar-refractivity contribution in [3.63, 3.8) is 0 Å². The molecule has 1 fully saturated rings. The molecule has 1 heterocycles. The van der Waals surface area contributed by atoms with Crippen LogP contribution in [0.5, 0.6) is 0 Å². The van der Waals surface area contributed by atoms with Crippen LogP contribution in [0.3, 0.4) is 0 Å². The van der Waals surface area contributed by atoms with Gasteiger partial charge in [-0.15, -0.1) is 0 Å². The standard InChI is InChI=1S/C22H22N2O2/c1-16(17-8-4-2-5-9-17)14-19-15-20(26-24-19)21(25)23-22(12-13-22)18-10-6-3-7-11-18/h2-11,15-16H,12-14H2,1H3,(H,23,25)/t16-/m1/s1. The summed E-state index contributed by atoms with van der Waals surface area (Å²) < 4.78 is 5.31. The van der Waals surface area contributed by atoms with Crippen LogP contribution in [0.4, 0.5) is 0 Å². The molecule has 1 aliphatic rings. The molecular weight excluding hydrogens is 324 g/mol. The number of benzene rings is 2. The van der Waals surface area contributed by atoms with Crippen LogP contribution in [0.25, 0.3) is 0 Å². The normalized spacial score (nSPS) is 16.0. The van der Waals surface area contributed by atoms with Crippen LogP contribution in [0, 0.1) is 0 Å². The number of rotatable bonds is 6. The lowest BCUT2D eigenvalue weighted by Gasteiger charge is -2.16.